The van der Waals surface area contributed by atoms with Crippen LogP contribution in [-0.2, 0) is 11.3 Å². The Kier molecular flexibility index (Phi) is 5.62. The summed E-state index contributed by atoms with van der Waals surface area (Å²) in [5, 5.41) is 13.2. The van der Waals surface area contributed by atoms with Gasteiger partial charge in [0.1, 0.15) is 13.2 Å². The van der Waals surface area contributed by atoms with E-state index in [0.717, 1.165) is 10.5 Å². The number of para-hydroxylation sites is 1. The van der Waals surface area contributed by atoms with Crippen molar-refractivity contribution < 1.29 is 19.2 Å². The number of fused-ring (bicyclic) bond motifs is 1. The Balaban J connectivity index is 1.57. The maximum atomic E-state index is 12.4. The summed E-state index contributed by atoms with van der Waals surface area (Å²) >= 11 is 1.35. The molecule has 1 aliphatic rings. The first-order chi connectivity index (χ1) is 12.5. The first-order valence-corrected chi connectivity index (χ1v) is 8.99. The van der Waals surface area contributed by atoms with Crippen molar-refractivity contribution in [3.63, 3.8) is 0 Å². The zero-order valence-electron chi connectivity index (χ0n) is 14.1. The van der Waals surface area contributed by atoms with Gasteiger partial charge in [0.2, 0.25) is 5.91 Å². The maximum absolute atomic E-state index is 12.4. The smallest absolute Gasteiger partial charge is 0.269 e. The minimum Gasteiger partial charge on any atom is -0.486 e. The summed E-state index contributed by atoms with van der Waals surface area (Å²) in [5.41, 5.74) is 0.894. The molecule has 136 valence electrons. The number of carbonyl (C=O) groups is 1. The number of amides is 1. The number of benzene rings is 2. The molecule has 0 aliphatic carbocycles. The number of non-ortho nitro benzene ring substituents is 1. The number of nitro benzene ring substituents is 1. The first kappa shape index (κ1) is 18.1. The molecule has 0 fully saturated rings. The van der Waals surface area contributed by atoms with Crippen molar-refractivity contribution >= 4 is 23.4 Å². The molecule has 1 N–H and O–H groups in total. The van der Waals surface area contributed by atoms with Crippen LogP contribution in [0.25, 0.3) is 0 Å². The molecule has 26 heavy (non-hydrogen) atoms. The second kappa shape index (κ2) is 8.09. The largest absolute Gasteiger partial charge is 0.486 e. The van der Waals surface area contributed by atoms with Crippen LogP contribution in [-0.4, -0.2) is 29.3 Å². The quantitative estimate of drug-likeness (QED) is 0.474. The van der Waals surface area contributed by atoms with Crippen molar-refractivity contribution in [2.45, 2.75) is 23.6 Å². The summed E-state index contributed by atoms with van der Waals surface area (Å²) in [6, 6.07) is 11.7. The van der Waals surface area contributed by atoms with Gasteiger partial charge in [-0.05, 0) is 25.1 Å². The topological polar surface area (TPSA) is 90.7 Å². The Morgan fingerprint density at radius 3 is 2.69 bits per heavy atom. The molecular formula is C18H18N2O5S. The molecule has 7 nitrogen and oxygen atoms in total. The molecule has 8 heteroatoms. The molecular weight excluding hydrogens is 356 g/mol. The van der Waals surface area contributed by atoms with Gasteiger partial charge in [-0.2, -0.15) is 0 Å². The van der Waals surface area contributed by atoms with Gasteiger partial charge in [0.15, 0.2) is 11.5 Å². The lowest BCUT2D eigenvalue weighted by Gasteiger charge is -2.21. The molecule has 1 heterocycles. The molecule has 0 saturated carbocycles. The highest BCUT2D eigenvalue weighted by molar-refractivity contribution is 8.00. The zero-order valence-corrected chi connectivity index (χ0v) is 15.0. The van der Waals surface area contributed by atoms with Gasteiger partial charge >= 0.3 is 0 Å². The minimum atomic E-state index is -0.448. The standard InChI is InChI=1S/C18H18N2O5S/c1-12(26-15-7-5-14(6-8-15)20(22)23)18(21)19-11-13-3-2-4-16-17(13)25-10-9-24-16/h2-8,12H,9-11H2,1H3,(H,19,21). The first-order valence-electron chi connectivity index (χ1n) is 8.11. The van der Waals surface area contributed by atoms with Gasteiger partial charge in [0, 0.05) is 29.1 Å². The van der Waals surface area contributed by atoms with E-state index < -0.39 is 4.92 Å². The third kappa shape index (κ3) is 4.26. The van der Waals surface area contributed by atoms with Crippen molar-refractivity contribution in [2.75, 3.05) is 13.2 Å². The van der Waals surface area contributed by atoms with E-state index in [9.17, 15) is 14.9 Å². The Morgan fingerprint density at radius 2 is 1.96 bits per heavy atom. The molecule has 0 radical (unpaired) electrons. The van der Waals surface area contributed by atoms with E-state index in [0.29, 0.717) is 31.3 Å². The van der Waals surface area contributed by atoms with Gasteiger partial charge in [0.25, 0.3) is 5.69 Å². The average Bonchev–Trinajstić information content (AvgIpc) is 2.66. The monoisotopic (exact) mass is 374 g/mol. The van der Waals surface area contributed by atoms with E-state index in [1.165, 1.54) is 23.9 Å². The van der Waals surface area contributed by atoms with Crippen LogP contribution in [0.4, 0.5) is 5.69 Å². The minimum absolute atomic E-state index is 0.0301. The molecule has 1 unspecified atom stereocenters. The highest BCUT2D eigenvalue weighted by Gasteiger charge is 2.18. The summed E-state index contributed by atoms with van der Waals surface area (Å²) in [6.45, 7) is 3.15. The molecule has 3 rings (SSSR count). The Labute approximate surface area is 154 Å². The van der Waals surface area contributed by atoms with E-state index in [1.807, 2.05) is 18.2 Å². The lowest BCUT2D eigenvalue weighted by Crippen LogP contribution is -2.30. The van der Waals surface area contributed by atoms with E-state index in [1.54, 1.807) is 19.1 Å². The van der Waals surface area contributed by atoms with Gasteiger partial charge in [-0.3, -0.25) is 14.9 Å². The van der Waals surface area contributed by atoms with E-state index in [4.69, 9.17) is 9.47 Å². The van der Waals surface area contributed by atoms with Crippen molar-refractivity contribution in [1.29, 1.82) is 0 Å². The van der Waals surface area contributed by atoms with E-state index in [-0.39, 0.29) is 16.8 Å². The highest BCUT2D eigenvalue weighted by Crippen LogP contribution is 2.33. The van der Waals surface area contributed by atoms with E-state index >= 15 is 0 Å². The van der Waals surface area contributed by atoms with Gasteiger partial charge in [-0.15, -0.1) is 11.8 Å². The predicted octanol–water partition coefficient (Wildman–Crippen LogP) is 3.16. The molecule has 0 aromatic heterocycles. The molecule has 2 aromatic rings. The van der Waals surface area contributed by atoms with Crippen molar-refractivity contribution in [3.05, 3.63) is 58.1 Å². The second-order valence-corrected chi connectivity index (χ2v) is 7.08. The Morgan fingerprint density at radius 1 is 1.23 bits per heavy atom. The van der Waals surface area contributed by atoms with Gasteiger partial charge in [-0.1, -0.05) is 12.1 Å². The fraction of sp³-hybridized carbons (Fsp3) is 0.278. The molecule has 0 spiro atoms. The van der Waals surface area contributed by atoms with Crippen LogP contribution in [0.3, 0.4) is 0 Å². The van der Waals surface area contributed by atoms with Crippen LogP contribution in [0.15, 0.2) is 47.4 Å². The molecule has 0 bridgehead atoms. The number of nitrogens with zero attached hydrogens (tertiary/aromatic N) is 1. The average molecular weight is 374 g/mol. The van der Waals surface area contributed by atoms with Crippen LogP contribution >= 0.6 is 11.8 Å². The third-order valence-corrected chi connectivity index (χ3v) is 4.94. The molecule has 2 aromatic carbocycles. The number of rotatable bonds is 6. The van der Waals surface area contributed by atoms with Crippen LogP contribution in [0, 0.1) is 10.1 Å². The summed E-state index contributed by atoms with van der Waals surface area (Å²) < 4.78 is 11.2. The third-order valence-electron chi connectivity index (χ3n) is 3.83. The maximum Gasteiger partial charge on any atom is 0.269 e. The number of hydrogen-bond donors (Lipinski definition) is 1. The van der Waals surface area contributed by atoms with Gasteiger partial charge in [0.05, 0.1) is 10.2 Å². The lowest BCUT2D eigenvalue weighted by molar-refractivity contribution is -0.384. The summed E-state index contributed by atoms with van der Waals surface area (Å²) in [5.74, 6) is 1.24. The van der Waals surface area contributed by atoms with Crippen LogP contribution < -0.4 is 14.8 Å². The van der Waals surface area contributed by atoms with Gasteiger partial charge in [-0.25, -0.2) is 0 Å². The molecule has 1 atom stereocenters. The molecule has 0 saturated heterocycles. The molecule has 1 amide bonds. The number of nitro groups is 1. The molecule has 1 aliphatic heterocycles. The van der Waals surface area contributed by atoms with Crippen LogP contribution in [0.1, 0.15) is 12.5 Å². The summed E-state index contributed by atoms with van der Waals surface area (Å²) in [7, 11) is 0. The lowest BCUT2D eigenvalue weighted by atomic mass is 10.1. The number of ether oxygens (including phenoxy) is 2. The number of hydrogen-bond acceptors (Lipinski definition) is 6. The second-order valence-electron chi connectivity index (χ2n) is 5.67. The van der Waals surface area contributed by atoms with E-state index in [2.05, 4.69) is 5.32 Å². The summed E-state index contributed by atoms with van der Waals surface area (Å²) in [4.78, 5) is 23.4. The number of nitrogens with one attached hydrogen (secondary N) is 1. The van der Waals surface area contributed by atoms with Gasteiger partial charge < -0.3 is 14.8 Å². The SMILES string of the molecule is CC(Sc1ccc([N+](=O)[O-])cc1)C(=O)NCc1cccc2c1OCCO2. The van der Waals surface area contributed by atoms with Crippen LogP contribution in [0.2, 0.25) is 0 Å². The summed E-state index contributed by atoms with van der Waals surface area (Å²) in [6.07, 6.45) is 0. The number of thioether (sulfide) groups is 1. The fourth-order valence-electron chi connectivity index (χ4n) is 2.50. The highest BCUT2D eigenvalue weighted by atomic mass is 32.2. The Hall–Kier alpha value is -2.74. The predicted molar refractivity (Wildman–Crippen MR) is 97.7 cm³/mol. The van der Waals surface area contributed by atoms with Crippen molar-refractivity contribution in [2.24, 2.45) is 0 Å². The van der Waals surface area contributed by atoms with Crippen molar-refractivity contribution in [1.82, 2.24) is 5.32 Å². The normalized spacial score (nSPS) is 13.7. The van der Waals surface area contributed by atoms with Crippen LogP contribution in [0.5, 0.6) is 11.5 Å². The zero-order chi connectivity index (χ0) is 18.5. The Bertz CT molecular complexity index is 810. The van der Waals surface area contributed by atoms with Crippen molar-refractivity contribution in [3.8, 4) is 11.5 Å². The fourth-order valence-corrected chi connectivity index (χ4v) is 3.40. The number of carbonyl (C=O) groups excluding carboxylic acids is 1.